The van der Waals surface area contributed by atoms with E-state index >= 15 is 0 Å². The highest BCUT2D eigenvalue weighted by molar-refractivity contribution is 7.90. The Bertz CT molecular complexity index is 554. The van der Waals surface area contributed by atoms with Crippen LogP contribution in [-0.2, 0) is 16.4 Å². The van der Waals surface area contributed by atoms with Crippen LogP contribution in [0, 0.1) is 5.41 Å². The SMILES string of the molecule is CC1(CNCc2ccc(S(C)(=O)=O)cc2)CCCC1N. The minimum atomic E-state index is -3.11. The molecule has 1 fully saturated rings. The number of rotatable bonds is 5. The predicted octanol–water partition coefficient (Wildman–Crippen LogP) is 1.70. The minimum absolute atomic E-state index is 0.187. The number of nitrogens with two attached hydrogens (primary N) is 1. The Morgan fingerprint density at radius 1 is 1.35 bits per heavy atom. The third-order valence-electron chi connectivity index (χ3n) is 4.37. The van der Waals surface area contributed by atoms with Gasteiger partial charge >= 0.3 is 0 Å². The van der Waals surface area contributed by atoms with Gasteiger partial charge in [-0.1, -0.05) is 25.5 Å². The lowest BCUT2D eigenvalue weighted by Crippen LogP contribution is -2.42. The van der Waals surface area contributed by atoms with E-state index in [4.69, 9.17) is 5.73 Å². The highest BCUT2D eigenvalue weighted by atomic mass is 32.2. The molecule has 0 saturated heterocycles. The lowest BCUT2D eigenvalue weighted by molar-refractivity contribution is 0.277. The molecule has 2 rings (SSSR count). The van der Waals surface area contributed by atoms with Gasteiger partial charge < -0.3 is 11.1 Å². The molecule has 112 valence electrons. The number of sulfone groups is 1. The molecule has 5 heteroatoms. The van der Waals surface area contributed by atoms with Crippen molar-refractivity contribution in [2.75, 3.05) is 12.8 Å². The molecule has 2 unspecified atom stereocenters. The minimum Gasteiger partial charge on any atom is -0.327 e. The summed E-state index contributed by atoms with van der Waals surface area (Å²) in [4.78, 5) is 0.367. The summed E-state index contributed by atoms with van der Waals surface area (Å²) in [6, 6.07) is 7.33. The molecule has 1 aliphatic carbocycles. The van der Waals surface area contributed by atoms with Gasteiger partial charge in [-0.2, -0.15) is 0 Å². The van der Waals surface area contributed by atoms with E-state index in [-0.39, 0.29) is 11.5 Å². The average molecular weight is 296 g/mol. The van der Waals surface area contributed by atoms with Gasteiger partial charge in [0.05, 0.1) is 4.90 Å². The van der Waals surface area contributed by atoms with Crippen LogP contribution in [0.15, 0.2) is 29.2 Å². The van der Waals surface area contributed by atoms with Gasteiger partial charge in [-0.25, -0.2) is 8.42 Å². The molecule has 20 heavy (non-hydrogen) atoms. The lowest BCUT2D eigenvalue weighted by Gasteiger charge is -2.29. The van der Waals surface area contributed by atoms with Crippen molar-refractivity contribution in [1.29, 1.82) is 0 Å². The molecular formula is C15H24N2O2S. The maximum Gasteiger partial charge on any atom is 0.175 e. The van der Waals surface area contributed by atoms with E-state index in [0.29, 0.717) is 4.90 Å². The molecule has 4 nitrogen and oxygen atoms in total. The van der Waals surface area contributed by atoms with Crippen LogP contribution in [0.3, 0.4) is 0 Å². The van der Waals surface area contributed by atoms with E-state index in [1.165, 1.54) is 19.1 Å². The van der Waals surface area contributed by atoms with Crippen molar-refractivity contribution >= 4 is 9.84 Å². The van der Waals surface area contributed by atoms with E-state index in [9.17, 15) is 8.42 Å². The summed E-state index contributed by atoms with van der Waals surface area (Å²) in [7, 11) is -3.11. The maximum absolute atomic E-state index is 11.4. The van der Waals surface area contributed by atoms with E-state index < -0.39 is 9.84 Å². The summed E-state index contributed by atoms with van der Waals surface area (Å²) >= 11 is 0. The molecule has 1 saturated carbocycles. The first-order chi connectivity index (χ1) is 9.31. The smallest absolute Gasteiger partial charge is 0.175 e. The molecule has 1 aromatic carbocycles. The molecule has 0 bridgehead atoms. The zero-order valence-electron chi connectivity index (χ0n) is 12.2. The van der Waals surface area contributed by atoms with Gasteiger partial charge in [-0.3, -0.25) is 0 Å². The van der Waals surface area contributed by atoms with Gasteiger partial charge in [0.15, 0.2) is 9.84 Å². The number of nitrogens with one attached hydrogen (secondary N) is 1. The van der Waals surface area contributed by atoms with Crippen LogP contribution in [0.25, 0.3) is 0 Å². The normalized spacial score (nSPS) is 26.9. The quantitative estimate of drug-likeness (QED) is 0.867. The topological polar surface area (TPSA) is 72.2 Å². The van der Waals surface area contributed by atoms with Crippen LogP contribution < -0.4 is 11.1 Å². The van der Waals surface area contributed by atoms with Crippen LogP contribution >= 0.6 is 0 Å². The average Bonchev–Trinajstić information content (AvgIpc) is 2.69. The van der Waals surface area contributed by atoms with Crippen molar-refractivity contribution < 1.29 is 8.42 Å². The fourth-order valence-electron chi connectivity index (χ4n) is 2.83. The summed E-state index contributed by atoms with van der Waals surface area (Å²) in [6.07, 6.45) is 4.72. The van der Waals surface area contributed by atoms with Crippen molar-refractivity contribution in [3.63, 3.8) is 0 Å². The molecule has 1 aliphatic rings. The van der Waals surface area contributed by atoms with Gasteiger partial charge in [0.25, 0.3) is 0 Å². The third kappa shape index (κ3) is 3.59. The molecule has 1 aromatic rings. The first-order valence-corrected chi connectivity index (χ1v) is 8.96. The summed E-state index contributed by atoms with van der Waals surface area (Å²) in [5.74, 6) is 0. The lowest BCUT2D eigenvalue weighted by atomic mass is 9.85. The van der Waals surface area contributed by atoms with E-state index in [0.717, 1.165) is 25.1 Å². The summed E-state index contributed by atoms with van der Waals surface area (Å²) in [5.41, 5.74) is 7.43. The highest BCUT2D eigenvalue weighted by Crippen LogP contribution is 2.35. The van der Waals surface area contributed by atoms with Crippen LogP contribution in [-0.4, -0.2) is 27.3 Å². The molecule has 2 atom stereocenters. The van der Waals surface area contributed by atoms with Crippen molar-refractivity contribution in [2.45, 2.75) is 43.7 Å². The molecule has 0 spiro atoms. The Labute approximate surface area is 121 Å². The van der Waals surface area contributed by atoms with Crippen LogP contribution in [0.5, 0.6) is 0 Å². The van der Waals surface area contributed by atoms with E-state index in [1.807, 2.05) is 12.1 Å². The zero-order chi connectivity index (χ0) is 14.8. The zero-order valence-corrected chi connectivity index (χ0v) is 13.0. The monoisotopic (exact) mass is 296 g/mol. The maximum atomic E-state index is 11.4. The van der Waals surface area contributed by atoms with Crippen molar-refractivity contribution in [3.05, 3.63) is 29.8 Å². The standard InChI is InChI=1S/C15H24N2O2S/c1-15(9-3-4-14(15)16)11-17-10-12-5-7-13(8-6-12)20(2,18)19/h5-8,14,17H,3-4,9-11,16H2,1-2H3. The largest absolute Gasteiger partial charge is 0.327 e. The first kappa shape index (κ1) is 15.5. The number of hydrogen-bond acceptors (Lipinski definition) is 4. The van der Waals surface area contributed by atoms with Gasteiger partial charge in [0, 0.05) is 25.4 Å². The second-order valence-electron chi connectivity index (χ2n) is 6.17. The summed E-state index contributed by atoms with van der Waals surface area (Å²) in [6.45, 7) is 3.89. The van der Waals surface area contributed by atoms with E-state index in [1.54, 1.807) is 12.1 Å². The Hall–Kier alpha value is -0.910. The highest BCUT2D eigenvalue weighted by Gasteiger charge is 2.35. The summed E-state index contributed by atoms with van der Waals surface area (Å²) < 4.78 is 22.8. The fraction of sp³-hybridized carbons (Fsp3) is 0.600. The summed E-state index contributed by atoms with van der Waals surface area (Å²) in [5, 5.41) is 3.44. The van der Waals surface area contributed by atoms with Gasteiger partial charge in [-0.15, -0.1) is 0 Å². The first-order valence-electron chi connectivity index (χ1n) is 7.07. The predicted molar refractivity (Wildman–Crippen MR) is 81.2 cm³/mol. The number of benzene rings is 1. The van der Waals surface area contributed by atoms with E-state index in [2.05, 4.69) is 12.2 Å². The molecule has 0 amide bonds. The Balaban J connectivity index is 1.89. The fourth-order valence-corrected chi connectivity index (χ4v) is 3.46. The van der Waals surface area contributed by atoms with Gasteiger partial charge in [-0.05, 0) is 36.0 Å². The number of hydrogen-bond donors (Lipinski definition) is 2. The van der Waals surface area contributed by atoms with Crippen molar-refractivity contribution in [2.24, 2.45) is 11.1 Å². The van der Waals surface area contributed by atoms with Crippen LogP contribution in [0.4, 0.5) is 0 Å². The third-order valence-corrected chi connectivity index (χ3v) is 5.50. The van der Waals surface area contributed by atoms with Crippen LogP contribution in [0.2, 0.25) is 0 Å². The van der Waals surface area contributed by atoms with Gasteiger partial charge in [0.2, 0.25) is 0 Å². The van der Waals surface area contributed by atoms with Crippen molar-refractivity contribution in [3.8, 4) is 0 Å². The Morgan fingerprint density at radius 3 is 2.50 bits per heavy atom. The second-order valence-corrected chi connectivity index (χ2v) is 8.19. The van der Waals surface area contributed by atoms with Gasteiger partial charge in [0.1, 0.15) is 0 Å². The molecule has 3 N–H and O–H groups in total. The molecule has 0 radical (unpaired) electrons. The van der Waals surface area contributed by atoms with Crippen LogP contribution in [0.1, 0.15) is 31.7 Å². The van der Waals surface area contributed by atoms with Crippen molar-refractivity contribution in [1.82, 2.24) is 5.32 Å². The molecular weight excluding hydrogens is 272 g/mol. The molecule has 0 heterocycles. The Kier molecular flexibility index (Phi) is 4.52. The molecule has 0 aromatic heterocycles. The molecule has 0 aliphatic heterocycles. The Morgan fingerprint density at radius 2 is 2.00 bits per heavy atom. The second kappa shape index (κ2) is 5.84.